The van der Waals surface area contributed by atoms with E-state index in [0.717, 1.165) is 16.5 Å². The number of methoxy groups -OCH3 is 2. The SMILES string of the molecule is C1CCCCC1.COc1cc(OC)c(Cl)c(-c2ccc3nc(N)ncc3c2)c1Cl. The van der Waals surface area contributed by atoms with E-state index in [-0.39, 0.29) is 5.95 Å². The quantitative estimate of drug-likeness (QED) is 0.507. The number of rotatable bonds is 3. The van der Waals surface area contributed by atoms with E-state index in [4.69, 9.17) is 38.4 Å². The summed E-state index contributed by atoms with van der Waals surface area (Å²) in [4.78, 5) is 8.18. The van der Waals surface area contributed by atoms with Crippen LogP contribution >= 0.6 is 23.2 Å². The lowest BCUT2D eigenvalue weighted by molar-refractivity contribution is 0.395. The lowest BCUT2D eigenvalue weighted by atomic mass is 10.0. The summed E-state index contributed by atoms with van der Waals surface area (Å²) in [6.45, 7) is 0. The van der Waals surface area contributed by atoms with Crippen LogP contribution in [0.2, 0.25) is 10.0 Å². The molecule has 0 aliphatic heterocycles. The predicted molar refractivity (Wildman–Crippen MR) is 120 cm³/mol. The van der Waals surface area contributed by atoms with Crippen LogP contribution in [0, 0.1) is 0 Å². The standard InChI is InChI=1S/C16H13Cl2N3O2.C6H12/c1-22-11-6-12(23-2)15(18)13(14(11)17)8-3-4-10-9(5-8)7-20-16(19)21-10;1-2-4-6-5-3-1/h3-7H,1-2H3,(H2,19,20,21);1-6H2. The highest BCUT2D eigenvalue weighted by atomic mass is 35.5. The van der Waals surface area contributed by atoms with Crippen LogP contribution in [0.3, 0.4) is 0 Å². The number of nitrogen functional groups attached to an aromatic ring is 1. The minimum Gasteiger partial charge on any atom is -0.495 e. The summed E-state index contributed by atoms with van der Waals surface area (Å²) >= 11 is 12.9. The molecule has 1 aliphatic rings. The van der Waals surface area contributed by atoms with Crippen molar-refractivity contribution in [3.05, 3.63) is 40.5 Å². The van der Waals surface area contributed by atoms with Gasteiger partial charge in [0.05, 0.1) is 29.8 Å². The molecule has 0 bridgehead atoms. The van der Waals surface area contributed by atoms with Gasteiger partial charge in [0, 0.05) is 23.2 Å². The molecule has 7 heteroatoms. The Labute approximate surface area is 181 Å². The highest BCUT2D eigenvalue weighted by molar-refractivity contribution is 6.41. The van der Waals surface area contributed by atoms with Crippen LogP contribution in [-0.2, 0) is 0 Å². The van der Waals surface area contributed by atoms with Crippen molar-refractivity contribution in [2.24, 2.45) is 0 Å². The van der Waals surface area contributed by atoms with Gasteiger partial charge in [0.15, 0.2) is 0 Å². The molecule has 1 fully saturated rings. The predicted octanol–water partition coefficient (Wildman–Crippen LogP) is 6.54. The molecule has 2 N–H and O–H groups in total. The van der Waals surface area contributed by atoms with Gasteiger partial charge in [-0.15, -0.1) is 0 Å². The van der Waals surface area contributed by atoms with Crippen LogP contribution in [0.25, 0.3) is 22.0 Å². The van der Waals surface area contributed by atoms with Gasteiger partial charge in [0.2, 0.25) is 5.95 Å². The maximum Gasteiger partial charge on any atom is 0.220 e. The average molecular weight is 434 g/mol. The van der Waals surface area contributed by atoms with Crippen LogP contribution in [0.5, 0.6) is 11.5 Å². The molecule has 0 unspecified atom stereocenters. The van der Waals surface area contributed by atoms with Crippen LogP contribution in [0.1, 0.15) is 38.5 Å². The zero-order valence-electron chi connectivity index (χ0n) is 16.7. The topological polar surface area (TPSA) is 70.3 Å². The number of nitrogens with zero attached hydrogens (tertiary/aromatic N) is 2. The Morgan fingerprint density at radius 1 is 0.862 bits per heavy atom. The number of anilines is 1. The van der Waals surface area contributed by atoms with E-state index in [1.54, 1.807) is 12.3 Å². The third-order valence-electron chi connectivity index (χ3n) is 4.96. The van der Waals surface area contributed by atoms with Crippen molar-refractivity contribution in [2.45, 2.75) is 38.5 Å². The molecule has 2 aromatic carbocycles. The maximum absolute atomic E-state index is 6.44. The molecule has 0 spiro atoms. The van der Waals surface area contributed by atoms with E-state index < -0.39 is 0 Å². The summed E-state index contributed by atoms with van der Waals surface area (Å²) in [7, 11) is 3.07. The Hall–Kier alpha value is -2.24. The molecular formula is C22H25Cl2N3O2. The second kappa shape index (κ2) is 9.99. The Kier molecular flexibility index (Phi) is 7.40. The van der Waals surface area contributed by atoms with Crippen LogP contribution in [0.15, 0.2) is 30.5 Å². The summed E-state index contributed by atoms with van der Waals surface area (Å²) in [5.41, 5.74) is 7.77. The number of halogens is 2. The van der Waals surface area contributed by atoms with Crippen molar-refractivity contribution < 1.29 is 9.47 Å². The first-order valence-corrected chi connectivity index (χ1v) is 10.4. The number of ether oxygens (including phenoxy) is 2. The normalized spacial score (nSPS) is 13.5. The number of benzene rings is 2. The van der Waals surface area contributed by atoms with Gasteiger partial charge in [0.1, 0.15) is 11.5 Å². The summed E-state index contributed by atoms with van der Waals surface area (Å²) in [6, 6.07) is 7.24. The molecule has 0 saturated heterocycles. The summed E-state index contributed by atoms with van der Waals surface area (Å²) < 4.78 is 10.6. The van der Waals surface area contributed by atoms with Gasteiger partial charge in [-0.05, 0) is 17.7 Å². The van der Waals surface area contributed by atoms with Crippen molar-refractivity contribution in [1.29, 1.82) is 0 Å². The molecule has 1 heterocycles. The lowest BCUT2D eigenvalue weighted by Gasteiger charge is -2.15. The Balaban J connectivity index is 0.000000343. The first-order valence-electron chi connectivity index (χ1n) is 9.67. The smallest absolute Gasteiger partial charge is 0.220 e. The van der Waals surface area contributed by atoms with E-state index in [2.05, 4.69) is 9.97 Å². The molecule has 5 nitrogen and oxygen atoms in total. The average Bonchev–Trinajstić information content (AvgIpc) is 2.76. The van der Waals surface area contributed by atoms with E-state index in [1.807, 2.05) is 18.2 Å². The third kappa shape index (κ3) is 5.03. The Morgan fingerprint density at radius 3 is 1.93 bits per heavy atom. The van der Waals surface area contributed by atoms with Crippen LogP contribution in [0.4, 0.5) is 5.95 Å². The molecule has 0 amide bonds. The van der Waals surface area contributed by atoms with Gasteiger partial charge >= 0.3 is 0 Å². The van der Waals surface area contributed by atoms with Crippen molar-refractivity contribution in [2.75, 3.05) is 20.0 Å². The van der Waals surface area contributed by atoms with Gasteiger partial charge in [-0.3, -0.25) is 0 Å². The molecule has 1 saturated carbocycles. The maximum atomic E-state index is 6.44. The first-order chi connectivity index (χ1) is 14.0. The Bertz CT molecular complexity index is 952. The second-order valence-electron chi connectivity index (χ2n) is 6.91. The minimum absolute atomic E-state index is 0.226. The number of nitrogens with two attached hydrogens (primary N) is 1. The fourth-order valence-electron chi connectivity index (χ4n) is 3.40. The fourth-order valence-corrected chi connectivity index (χ4v) is 4.12. The largest absolute Gasteiger partial charge is 0.495 e. The number of hydrogen-bond donors (Lipinski definition) is 1. The summed E-state index contributed by atoms with van der Waals surface area (Å²) in [5, 5.41) is 1.65. The van der Waals surface area contributed by atoms with Gasteiger partial charge in [0.25, 0.3) is 0 Å². The van der Waals surface area contributed by atoms with Crippen molar-refractivity contribution in [3.63, 3.8) is 0 Å². The van der Waals surface area contributed by atoms with E-state index in [1.165, 1.54) is 52.7 Å². The zero-order valence-corrected chi connectivity index (χ0v) is 18.2. The van der Waals surface area contributed by atoms with Crippen molar-refractivity contribution >= 4 is 40.1 Å². The zero-order chi connectivity index (χ0) is 20.8. The van der Waals surface area contributed by atoms with Crippen molar-refractivity contribution in [1.82, 2.24) is 9.97 Å². The van der Waals surface area contributed by atoms with Gasteiger partial charge in [-0.2, -0.15) is 0 Å². The number of fused-ring (bicyclic) bond motifs is 1. The molecule has 3 aromatic rings. The molecule has 0 atom stereocenters. The van der Waals surface area contributed by atoms with E-state index >= 15 is 0 Å². The van der Waals surface area contributed by atoms with E-state index in [0.29, 0.717) is 27.1 Å². The first kappa shape index (κ1) is 21.5. The minimum atomic E-state index is 0.226. The van der Waals surface area contributed by atoms with Crippen molar-refractivity contribution in [3.8, 4) is 22.6 Å². The monoisotopic (exact) mass is 433 g/mol. The van der Waals surface area contributed by atoms with Crippen LogP contribution < -0.4 is 15.2 Å². The molecule has 154 valence electrons. The molecule has 4 rings (SSSR count). The highest BCUT2D eigenvalue weighted by Gasteiger charge is 2.19. The molecule has 1 aromatic heterocycles. The van der Waals surface area contributed by atoms with E-state index in [9.17, 15) is 0 Å². The van der Waals surface area contributed by atoms with Crippen LogP contribution in [-0.4, -0.2) is 24.2 Å². The number of hydrogen-bond acceptors (Lipinski definition) is 5. The summed E-state index contributed by atoms with van der Waals surface area (Å²) in [5.74, 6) is 1.19. The highest BCUT2D eigenvalue weighted by Crippen LogP contribution is 2.46. The Morgan fingerprint density at radius 2 is 1.41 bits per heavy atom. The van der Waals surface area contributed by atoms with Gasteiger partial charge in [-0.1, -0.05) is 67.8 Å². The van der Waals surface area contributed by atoms with Gasteiger partial charge < -0.3 is 15.2 Å². The second-order valence-corrected chi connectivity index (χ2v) is 7.66. The fraction of sp³-hybridized carbons (Fsp3) is 0.364. The molecule has 0 radical (unpaired) electrons. The molecule has 1 aliphatic carbocycles. The third-order valence-corrected chi connectivity index (χ3v) is 5.71. The lowest BCUT2D eigenvalue weighted by Crippen LogP contribution is -1.95. The van der Waals surface area contributed by atoms with Gasteiger partial charge in [-0.25, -0.2) is 9.97 Å². The number of aromatic nitrogens is 2. The molecule has 29 heavy (non-hydrogen) atoms. The molecular weight excluding hydrogens is 409 g/mol. The summed E-state index contributed by atoms with van der Waals surface area (Å²) in [6.07, 6.45) is 10.7.